The molecule has 0 aliphatic heterocycles. The Bertz CT molecular complexity index is 704. The van der Waals surface area contributed by atoms with E-state index in [1.807, 2.05) is 6.92 Å². The summed E-state index contributed by atoms with van der Waals surface area (Å²) in [5.74, 6) is -0.405. The minimum Gasteiger partial charge on any atom is -0.322 e. The summed E-state index contributed by atoms with van der Waals surface area (Å²) in [5, 5.41) is 13.8. The first-order chi connectivity index (χ1) is 10.0. The van der Waals surface area contributed by atoms with Crippen LogP contribution in [-0.2, 0) is 6.42 Å². The normalized spacial score (nSPS) is 10.2. The molecule has 0 bridgehead atoms. The van der Waals surface area contributed by atoms with Gasteiger partial charge in [0.05, 0.1) is 4.92 Å². The lowest BCUT2D eigenvalue weighted by Gasteiger charge is -2.07. The molecule has 1 aromatic carbocycles. The molecule has 0 radical (unpaired) electrons. The lowest BCUT2D eigenvalue weighted by Crippen LogP contribution is -2.12. The molecule has 0 unspecified atom stereocenters. The first kappa shape index (κ1) is 14.9. The summed E-state index contributed by atoms with van der Waals surface area (Å²) in [7, 11) is 0. The number of carbonyl (C=O) groups is 1. The Balaban J connectivity index is 2.25. The Morgan fingerprint density at radius 2 is 2.14 bits per heavy atom. The van der Waals surface area contributed by atoms with Crippen LogP contribution in [0.5, 0.6) is 0 Å². The molecule has 2 rings (SSSR count). The van der Waals surface area contributed by atoms with Crippen LogP contribution < -0.4 is 5.32 Å². The van der Waals surface area contributed by atoms with Crippen LogP contribution in [0.1, 0.15) is 22.8 Å². The monoisotopic (exact) mass is 305 g/mol. The highest BCUT2D eigenvalue weighted by atomic mass is 35.5. The Morgan fingerprint density at radius 3 is 2.76 bits per heavy atom. The zero-order chi connectivity index (χ0) is 15.4. The van der Waals surface area contributed by atoms with Crippen molar-refractivity contribution in [3.05, 3.63) is 62.9 Å². The van der Waals surface area contributed by atoms with Crippen molar-refractivity contribution in [1.29, 1.82) is 0 Å². The second-order valence-electron chi connectivity index (χ2n) is 4.28. The van der Waals surface area contributed by atoms with Gasteiger partial charge in [-0.05, 0) is 24.6 Å². The third-order valence-corrected chi connectivity index (χ3v) is 3.12. The maximum absolute atomic E-state index is 12.0. The minimum absolute atomic E-state index is 0.0111. The van der Waals surface area contributed by atoms with E-state index in [4.69, 9.17) is 11.6 Å². The molecule has 0 aliphatic rings. The number of nitro groups is 1. The van der Waals surface area contributed by atoms with Gasteiger partial charge in [0.2, 0.25) is 0 Å². The molecule has 0 atom stereocenters. The van der Waals surface area contributed by atoms with E-state index < -0.39 is 10.8 Å². The molecule has 0 saturated heterocycles. The van der Waals surface area contributed by atoms with Crippen molar-refractivity contribution in [3.63, 3.8) is 0 Å². The number of nitrogens with zero attached hydrogens (tertiary/aromatic N) is 2. The maximum Gasteiger partial charge on any atom is 0.274 e. The SMILES string of the molecule is CCc1ccc(NC(=O)c2ccnc(Cl)c2)cc1[N+](=O)[O-]. The number of anilines is 1. The van der Waals surface area contributed by atoms with Gasteiger partial charge in [-0.1, -0.05) is 24.6 Å². The minimum atomic E-state index is -0.461. The number of rotatable bonds is 4. The van der Waals surface area contributed by atoms with Crippen molar-refractivity contribution in [1.82, 2.24) is 4.98 Å². The van der Waals surface area contributed by atoms with Crippen LogP contribution in [0.15, 0.2) is 36.5 Å². The van der Waals surface area contributed by atoms with Crippen LogP contribution >= 0.6 is 11.6 Å². The molecule has 1 N–H and O–H groups in total. The zero-order valence-electron chi connectivity index (χ0n) is 11.2. The molecule has 7 heteroatoms. The van der Waals surface area contributed by atoms with Crippen molar-refractivity contribution in [3.8, 4) is 0 Å². The fourth-order valence-corrected chi connectivity index (χ4v) is 2.03. The van der Waals surface area contributed by atoms with E-state index in [-0.39, 0.29) is 10.8 Å². The van der Waals surface area contributed by atoms with Gasteiger partial charge in [0.15, 0.2) is 0 Å². The van der Waals surface area contributed by atoms with Gasteiger partial charge < -0.3 is 5.32 Å². The molecular formula is C14H12ClN3O3. The predicted octanol–water partition coefficient (Wildman–Crippen LogP) is 3.46. The first-order valence-electron chi connectivity index (χ1n) is 6.21. The van der Waals surface area contributed by atoms with Gasteiger partial charge in [-0.2, -0.15) is 0 Å². The van der Waals surface area contributed by atoms with Crippen molar-refractivity contribution in [2.45, 2.75) is 13.3 Å². The number of amides is 1. The van der Waals surface area contributed by atoms with E-state index in [1.54, 1.807) is 12.1 Å². The van der Waals surface area contributed by atoms with Gasteiger partial charge >= 0.3 is 0 Å². The lowest BCUT2D eigenvalue weighted by molar-refractivity contribution is -0.385. The van der Waals surface area contributed by atoms with Crippen LogP contribution in [0.25, 0.3) is 0 Å². The molecule has 0 fully saturated rings. The summed E-state index contributed by atoms with van der Waals surface area (Å²) >= 11 is 5.72. The number of aryl methyl sites for hydroxylation is 1. The second-order valence-corrected chi connectivity index (χ2v) is 4.66. The molecule has 1 amide bonds. The number of nitro benzene ring substituents is 1. The molecule has 0 saturated carbocycles. The van der Waals surface area contributed by atoms with E-state index in [9.17, 15) is 14.9 Å². The van der Waals surface area contributed by atoms with Crippen LogP contribution in [0.3, 0.4) is 0 Å². The van der Waals surface area contributed by atoms with Crippen molar-refractivity contribution in [2.24, 2.45) is 0 Å². The van der Waals surface area contributed by atoms with Gasteiger partial charge in [0, 0.05) is 29.1 Å². The third-order valence-electron chi connectivity index (χ3n) is 2.91. The molecule has 0 aliphatic carbocycles. The molecule has 2 aromatic rings. The Labute approximate surface area is 125 Å². The summed E-state index contributed by atoms with van der Waals surface area (Å²) in [4.78, 5) is 26.4. The van der Waals surface area contributed by atoms with E-state index in [0.29, 0.717) is 23.2 Å². The highest BCUT2D eigenvalue weighted by Crippen LogP contribution is 2.24. The first-order valence-corrected chi connectivity index (χ1v) is 6.59. The summed E-state index contributed by atoms with van der Waals surface area (Å²) in [6, 6.07) is 7.54. The largest absolute Gasteiger partial charge is 0.322 e. The summed E-state index contributed by atoms with van der Waals surface area (Å²) in [6.45, 7) is 1.83. The number of aromatic nitrogens is 1. The second kappa shape index (κ2) is 6.32. The van der Waals surface area contributed by atoms with E-state index in [1.165, 1.54) is 24.4 Å². The number of halogens is 1. The van der Waals surface area contributed by atoms with E-state index in [0.717, 1.165) is 0 Å². The predicted molar refractivity (Wildman–Crippen MR) is 79.7 cm³/mol. The Kier molecular flexibility index (Phi) is 4.49. The van der Waals surface area contributed by atoms with Crippen molar-refractivity contribution < 1.29 is 9.72 Å². The maximum atomic E-state index is 12.0. The van der Waals surface area contributed by atoms with Crippen LogP contribution in [0.2, 0.25) is 5.15 Å². The lowest BCUT2D eigenvalue weighted by atomic mass is 10.1. The molecule has 1 aromatic heterocycles. The van der Waals surface area contributed by atoms with Crippen LogP contribution in [0.4, 0.5) is 11.4 Å². The molecule has 108 valence electrons. The van der Waals surface area contributed by atoms with Gasteiger partial charge in [-0.25, -0.2) is 4.98 Å². The smallest absolute Gasteiger partial charge is 0.274 e. The van der Waals surface area contributed by atoms with Gasteiger partial charge in [-0.3, -0.25) is 14.9 Å². The Morgan fingerprint density at radius 1 is 1.38 bits per heavy atom. The van der Waals surface area contributed by atoms with Crippen LogP contribution in [-0.4, -0.2) is 15.8 Å². The molecule has 21 heavy (non-hydrogen) atoms. The number of carbonyl (C=O) groups excluding carboxylic acids is 1. The summed E-state index contributed by atoms with van der Waals surface area (Å²) in [5.41, 5.74) is 1.29. The fourth-order valence-electron chi connectivity index (χ4n) is 1.86. The molecule has 0 spiro atoms. The number of hydrogen-bond acceptors (Lipinski definition) is 4. The van der Waals surface area contributed by atoms with E-state index in [2.05, 4.69) is 10.3 Å². The Hall–Kier alpha value is -2.47. The highest BCUT2D eigenvalue weighted by molar-refractivity contribution is 6.29. The van der Waals surface area contributed by atoms with Gasteiger partial charge in [-0.15, -0.1) is 0 Å². The molecule has 6 nitrogen and oxygen atoms in total. The van der Waals surface area contributed by atoms with Gasteiger partial charge in [0.1, 0.15) is 5.15 Å². The molecule has 1 heterocycles. The topological polar surface area (TPSA) is 85.1 Å². The van der Waals surface area contributed by atoms with Crippen LogP contribution in [0, 0.1) is 10.1 Å². The van der Waals surface area contributed by atoms with Crippen molar-refractivity contribution >= 4 is 28.9 Å². The standard InChI is InChI=1S/C14H12ClN3O3/c1-2-9-3-4-11(8-12(9)18(20)21)17-14(19)10-5-6-16-13(15)7-10/h3-8H,2H2,1H3,(H,17,19). The average Bonchev–Trinajstić information content (AvgIpc) is 2.47. The number of nitrogens with one attached hydrogen (secondary N) is 1. The number of pyridine rings is 1. The number of hydrogen-bond donors (Lipinski definition) is 1. The zero-order valence-corrected chi connectivity index (χ0v) is 11.9. The van der Waals surface area contributed by atoms with E-state index >= 15 is 0 Å². The highest BCUT2D eigenvalue weighted by Gasteiger charge is 2.14. The van der Waals surface area contributed by atoms with Crippen molar-refractivity contribution in [2.75, 3.05) is 5.32 Å². The molecular weight excluding hydrogens is 294 g/mol. The average molecular weight is 306 g/mol. The van der Waals surface area contributed by atoms with Gasteiger partial charge in [0.25, 0.3) is 11.6 Å². The number of benzene rings is 1. The third kappa shape index (κ3) is 3.55. The fraction of sp³-hybridized carbons (Fsp3) is 0.143. The summed E-state index contributed by atoms with van der Waals surface area (Å²) < 4.78 is 0. The summed E-state index contributed by atoms with van der Waals surface area (Å²) in [6.07, 6.45) is 1.96. The quantitative estimate of drug-likeness (QED) is 0.532.